The first-order valence-electron chi connectivity index (χ1n) is 5.63. The normalized spacial score (nSPS) is 11.9. The fourth-order valence-corrected chi connectivity index (χ4v) is 2.26. The maximum Gasteiger partial charge on any atom is 0.244 e. The Morgan fingerprint density at radius 3 is 2.47 bits per heavy atom. The Balaban J connectivity index is 2.26. The number of hydrogen-bond acceptors (Lipinski definition) is 2. The maximum absolute atomic E-state index is 12.9. The third-order valence-corrected chi connectivity index (χ3v) is 3.29. The first kappa shape index (κ1) is 13.8. The van der Waals surface area contributed by atoms with Crippen LogP contribution in [0, 0.1) is 9.39 Å². The molecule has 98 valence electrons. The van der Waals surface area contributed by atoms with E-state index in [0.29, 0.717) is 5.56 Å². The Hall–Kier alpha value is -1.63. The molecular formula is C14H12FIN2O. The van der Waals surface area contributed by atoms with Crippen molar-refractivity contribution >= 4 is 34.2 Å². The van der Waals surface area contributed by atoms with Gasteiger partial charge in [0.2, 0.25) is 5.91 Å². The van der Waals surface area contributed by atoms with Gasteiger partial charge in [-0.05, 0) is 58.5 Å². The molecule has 2 rings (SSSR count). The average Bonchev–Trinajstić information content (AvgIpc) is 2.37. The highest BCUT2D eigenvalue weighted by atomic mass is 127. The number of nitrogens with one attached hydrogen (secondary N) is 1. The number of anilines is 1. The number of hydrogen-bond donors (Lipinski definition) is 2. The lowest BCUT2D eigenvalue weighted by Crippen LogP contribution is -2.27. The quantitative estimate of drug-likeness (QED) is 0.813. The Morgan fingerprint density at radius 1 is 1.21 bits per heavy atom. The first-order valence-corrected chi connectivity index (χ1v) is 6.71. The van der Waals surface area contributed by atoms with Gasteiger partial charge in [0.05, 0.1) is 0 Å². The Labute approximate surface area is 124 Å². The molecule has 0 saturated heterocycles. The van der Waals surface area contributed by atoms with Crippen molar-refractivity contribution in [2.45, 2.75) is 6.04 Å². The molecule has 0 heterocycles. The molecule has 1 unspecified atom stereocenters. The lowest BCUT2D eigenvalue weighted by molar-refractivity contribution is -0.118. The molecule has 0 spiro atoms. The summed E-state index contributed by atoms with van der Waals surface area (Å²) in [6, 6.07) is 12.6. The van der Waals surface area contributed by atoms with Gasteiger partial charge < -0.3 is 11.1 Å². The van der Waals surface area contributed by atoms with E-state index in [4.69, 9.17) is 5.73 Å². The Morgan fingerprint density at radius 2 is 1.89 bits per heavy atom. The van der Waals surface area contributed by atoms with Gasteiger partial charge >= 0.3 is 0 Å². The van der Waals surface area contributed by atoms with Gasteiger partial charge in [-0.2, -0.15) is 0 Å². The SMILES string of the molecule is NC(=O)C(Nc1cccc(I)c1)c1ccc(F)cc1. The zero-order chi connectivity index (χ0) is 13.8. The minimum absolute atomic E-state index is 0.346. The number of carbonyl (C=O) groups is 1. The predicted octanol–water partition coefficient (Wildman–Crippen LogP) is 3.07. The van der Waals surface area contributed by atoms with Gasteiger partial charge in [0.1, 0.15) is 11.9 Å². The van der Waals surface area contributed by atoms with Crippen LogP contribution in [0.3, 0.4) is 0 Å². The molecule has 0 fully saturated rings. The number of benzene rings is 2. The number of carbonyl (C=O) groups excluding carboxylic acids is 1. The van der Waals surface area contributed by atoms with E-state index in [-0.39, 0.29) is 5.82 Å². The molecule has 0 bridgehead atoms. The van der Waals surface area contributed by atoms with Crippen molar-refractivity contribution in [1.29, 1.82) is 0 Å². The van der Waals surface area contributed by atoms with E-state index in [1.165, 1.54) is 12.1 Å². The summed E-state index contributed by atoms with van der Waals surface area (Å²) in [5, 5.41) is 3.05. The topological polar surface area (TPSA) is 55.1 Å². The molecule has 0 aromatic heterocycles. The monoisotopic (exact) mass is 370 g/mol. The van der Waals surface area contributed by atoms with Crippen LogP contribution in [-0.2, 0) is 4.79 Å². The fraction of sp³-hybridized carbons (Fsp3) is 0.0714. The summed E-state index contributed by atoms with van der Waals surface area (Å²) in [5.74, 6) is -0.855. The van der Waals surface area contributed by atoms with Crippen molar-refractivity contribution in [3.63, 3.8) is 0 Å². The number of primary amides is 1. The van der Waals surface area contributed by atoms with Gasteiger partial charge in [-0.25, -0.2) is 4.39 Å². The van der Waals surface area contributed by atoms with Crippen LogP contribution in [0.25, 0.3) is 0 Å². The van der Waals surface area contributed by atoms with Gasteiger partial charge in [0.15, 0.2) is 0 Å². The molecule has 5 heteroatoms. The minimum atomic E-state index is -0.682. The smallest absolute Gasteiger partial charge is 0.244 e. The van der Waals surface area contributed by atoms with Crippen LogP contribution in [0.4, 0.5) is 10.1 Å². The number of amides is 1. The van der Waals surface area contributed by atoms with Gasteiger partial charge in [-0.15, -0.1) is 0 Å². The molecule has 2 aromatic carbocycles. The molecule has 3 nitrogen and oxygen atoms in total. The van der Waals surface area contributed by atoms with Crippen molar-refractivity contribution in [1.82, 2.24) is 0 Å². The molecular weight excluding hydrogens is 358 g/mol. The van der Waals surface area contributed by atoms with Gasteiger partial charge in [-0.1, -0.05) is 18.2 Å². The van der Waals surface area contributed by atoms with Crippen molar-refractivity contribution in [3.8, 4) is 0 Å². The van der Waals surface area contributed by atoms with Crippen molar-refractivity contribution in [3.05, 3.63) is 63.5 Å². The molecule has 19 heavy (non-hydrogen) atoms. The zero-order valence-corrected chi connectivity index (χ0v) is 12.1. The molecule has 0 aliphatic rings. The second-order valence-electron chi connectivity index (χ2n) is 4.04. The third kappa shape index (κ3) is 3.66. The lowest BCUT2D eigenvalue weighted by atomic mass is 10.1. The summed E-state index contributed by atoms with van der Waals surface area (Å²) in [4.78, 5) is 11.5. The van der Waals surface area contributed by atoms with E-state index in [1.807, 2.05) is 24.3 Å². The Bertz CT molecular complexity index is 586. The first-order chi connectivity index (χ1) is 9.06. The van der Waals surface area contributed by atoms with Crippen LogP contribution in [0.1, 0.15) is 11.6 Å². The standard InChI is InChI=1S/C14H12FIN2O/c15-10-6-4-9(5-7-10)13(14(17)19)18-12-3-1-2-11(16)8-12/h1-8,13,18H,(H2,17,19). The summed E-state index contributed by atoms with van der Waals surface area (Å²) < 4.78 is 13.9. The van der Waals surface area contributed by atoms with E-state index in [0.717, 1.165) is 9.26 Å². The van der Waals surface area contributed by atoms with Crippen molar-refractivity contribution < 1.29 is 9.18 Å². The number of nitrogens with two attached hydrogens (primary N) is 1. The lowest BCUT2D eigenvalue weighted by Gasteiger charge is -2.17. The van der Waals surface area contributed by atoms with Crippen molar-refractivity contribution in [2.24, 2.45) is 5.73 Å². The Kier molecular flexibility index (Phi) is 4.36. The summed E-state index contributed by atoms with van der Waals surface area (Å²) in [6.07, 6.45) is 0. The molecule has 3 N–H and O–H groups in total. The summed E-state index contributed by atoms with van der Waals surface area (Å²) >= 11 is 2.18. The largest absolute Gasteiger partial charge is 0.370 e. The summed E-state index contributed by atoms with van der Waals surface area (Å²) in [6.45, 7) is 0. The van der Waals surface area contributed by atoms with Crippen LogP contribution < -0.4 is 11.1 Å². The number of rotatable bonds is 4. The molecule has 0 aliphatic carbocycles. The second kappa shape index (κ2) is 6.01. The average molecular weight is 370 g/mol. The predicted molar refractivity (Wildman–Crippen MR) is 81.1 cm³/mol. The molecule has 2 aromatic rings. The van der Waals surface area contributed by atoms with Crippen LogP contribution in [0.5, 0.6) is 0 Å². The molecule has 0 radical (unpaired) electrons. The molecule has 0 aliphatic heterocycles. The highest BCUT2D eigenvalue weighted by molar-refractivity contribution is 14.1. The third-order valence-electron chi connectivity index (χ3n) is 2.62. The van der Waals surface area contributed by atoms with Crippen LogP contribution in [-0.4, -0.2) is 5.91 Å². The van der Waals surface area contributed by atoms with Crippen molar-refractivity contribution in [2.75, 3.05) is 5.32 Å². The summed E-state index contributed by atoms with van der Waals surface area (Å²) in [7, 11) is 0. The van der Waals surface area contributed by atoms with Crippen LogP contribution in [0.2, 0.25) is 0 Å². The highest BCUT2D eigenvalue weighted by Gasteiger charge is 2.17. The zero-order valence-electron chi connectivity index (χ0n) is 9.94. The molecule has 0 saturated carbocycles. The highest BCUT2D eigenvalue weighted by Crippen LogP contribution is 2.21. The summed E-state index contributed by atoms with van der Waals surface area (Å²) in [5.41, 5.74) is 6.82. The molecule has 1 atom stereocenters. The second-order valence-corrected chi connectivity index (χ2v) is 5.29. The fourth-order valence-electron chi connectivity index (χ4n) is 1.72. The van der Waals surface area contributed by atoms with E-state index in [1.54, 1.807) is 12.1 Å². The van der Waals surface area contributed by atoms with E-state index >= 15 is 0 Å². The van der Waals surface area contributed by atoms with Gasteiger partial charge in [0.25, 0.3) is 0 Å². The molecule has 1 amide bonds. The maximum atomic E-state index is 12.9. The van der Waals surface area contributed by atoms with Gasteiger partial charge in [-0.3, -0.25) is 4.79 Å². The number of halogens is 2. The van der Waals surface area contributed by atoms with Crippen LogP contribution in [0.15, 0.2) is 48.5 Å². The van der Waals surface area contributed by atoms with E-state index < -0.39 is 11.9 Å². The van der Waals surface area contributed by atoms with E-state index in [9.17, 15) is 9.18 Å². The van der Waals surface area contributed by atoms with Gasteiger partial charge in [0, 0.05) is 9.26 Å². The van der Waals surface area contributed by atoms with Crippen LogP contribution >= 0.6 is 22.6 Å². The van der Waals surface area contributed by atoms with E-state index in [2.05, 4.69) is 27.9 Å². The minimum Gasteiger partial charge on any atom is -0.370 e.